The molecule has 0 aromatic heterocycles. The third-order valence-corrected chi connectivity index (χ3v) is 10.4. The van der Waals surface area contributed by atoms with Gasteiger partial charge in [-0.3, -0.25) is 28.6 Å². The minimum Gasteiger partial charge on any atom is -0.372 e. The predicted octanol–water partition coefficient (Wildman–Crippen LogP) is 4.06. The van der Waals surface area contributed by atoms with E-state index < -0.39 is 66.7 Å². The molecule has 15 heteroatoms. The number of allylic oxidation sites excluding steroid dienone is 1. The number of nitrogens with two attached hydrogens (primary N) is 1. The summed E-state index contributed by atoms with van der Waals surface area (Å²) in [6, 6.07) is 16.7. The quantitative estimate of drug-likeness (QED) is 0.121. The summed E-state index contributed by atoms with van der Waals surface area (Å²) in [5.74, 6) is -2.09. The van der Waals surface area contributed by atoms with Crippen LogP contribution < -0.4 is 21.3 Å². The Bertz CT molecular complexity index is 1900. The van der Waals surface area contributed by atoms with Crippen LogP contribution in [0.4, 0.5) is 14.5 Å². The molecule has 4 amide bonds. The minimum absolute atomic E-state index is 0.00668. The summed E-state index contributed by atoms with van der Waals surface area (Å²) in [7, 11) is -5.75. The predicted molar refractivity (Wildman–Crippen MR) is 189 cm³/mol. The molecule has 4 atom stereocenters. The number of hydrogen-bond donors (Lipinski definition) is 5. The Morgan fingerprint density at radius 2 is 1.73 bits per heavy atom. The normalized spacial score (nSPS) is 18.6. The van der Waals surface area contributed by atoms with Crippen molar-refractivity contribution in [3.05, 3.63) is 107 Å². The van der Waals surface area contributed by atoms with E-state index in [-0.39, 0.29) is 32.3 Å². The molecule has 0 radical (unpaired) electrons. The highest BCUT2D eigenvalue weighted by Gasteiger charge is 2.50. The van der Waals surface area contributed by atoms with Gasteiger partial charge in [-0.15, -0.1) is 0 Å². The molecule has 0 spiro atoms. The van der Waals surface area contributed by atoms with Crippen molar-refractivity contribution < 1.29 is 47.0 Å². The zero-order valence-corrected chi connectivity index (χ0v) is 29.5. The Morgan fingerprint density at radius 1 is 1.06 bits per heavy atom. The number of rotatable bonds is 14. The Kier molecular flexibility index (Phi) is 11.7. The summed E-state index contributed by atoms with van der Waals surface area (Å²) in [6.45, 7) is 3.62. The first kappa shape index (κ1) is 38.5. The van der Waals surface area contributed by atoms with E-state index in [1.54, 1.807) is 13.8 Å². The zero-order chi connectivity index (χ0) is 37.8. The number of nitrogens with zero attached hydrogens (tertiary/aromatic N) is 1. The van der Waals surface area contributed by atoms with Crippen molar-refractivity contribution in [3.63, 3.8) is 0 Å². The molecule has 0 bridgehead atoms. The van der Waals surface area contributed by atoms with Crippen molar-refractivity contribution in [1.82, 2.24) is 10.6 Å². The first-order chi connectivity index (χ1) is 24.6. The smallest absolute Gasteiger partial charge is 0.372 e. The second kappa shape index (κ2) is 15.9. The molecular formula is C37H41F2N4O8P. The average molecular weight is 739 g/mol. The SMILES string of the molecule is C/C(=C\C(=O)N[C@H]1CCc2cccc3c2N(C1=O)[C@H](C(=O)N[C@@H](CCC(N)=O)[C@@H](C)OCc1ccccc1)C3)c1ccc(C(F)(F)P(=O)(O)O)cc1. The lowest BCUT2D eigenvalue weighted by Crippen LogP contribution is -2.56. The van der Waals surface area contributed by atoms with E-state index in [1.165, 1.54) is 23.1 Å². The highest BCUT2D eigenvalue weighted by atomic mass is 31.2. The van der Waals surface area contributed by atoms with Gasteiger partial charge in [0.1, 0.15) is 12.1 Å². The maximum Gasteiger partial charge on any atom is 0.399 e. The fraction of sp³-hybridized carbons (Fsp3) is 0.351. The van der Waals surface area contributed by atoms with Gasteiger partial charge in [-0.2, -0.15) is 8.78 Å². The number of alkyl halides is 2. The van der Waals surface area contributed by atoms with Crippen LogP contribution in [0.15, 0.2) is 78.9 Å². The zero-order valence-electron chi connectivity index (χ0n) is 28.6. The highest BCUT2D eigenvalue weighted by molar-refractivity contribution is 7.52. The van der Waals surface area contributed by atoms with Crippen molar-refractivity contribution in [2.45, 2.75) is 82.5 Å². The molecule has 52 heavy (non-hydrogen) atoms. The first-order valence-corrected chi connectivity index (χ1v) is 18.4. The number of ether oxygens (including phenoxy) is 1. The van der Waals surface area contributed by atoms with Crippen molar-refractivity contribution in [3.8, 4) is 0 Å². The molecule has 0 unspecified atom stereocenters. The van der Waals surface area contributed by atoms with Crippen molar-refractivity contribution in [1.29, 1.82) is 0 Å². The number of nitrogens with one attached hydrogen (secondary N) is 2. The number of halogens is 2. The summed E-state index contributed by atoms with van der Waals surface area (Å²) < 4.78 is 45.5. The van der Waals surface area contributed by atoms with Crippen LogP contribution in [0.25, 0.3) is 5.57 Å². The number of amides is 4. The van der Waals surface area contributed by atoms with Crippen LogP contribution in [0.1, 0.15) is 60.9 Å². The van der Waals surface area contributed by atoms with Crippen molar-refractivity contribution >= 4 is 42.5 Å². The molecule has 3 aromatic carbocycles. The largest absolute Gasteiger partial charge is 0.399 e. The average Bonchev–Trinajstić information content (AvgIpc) is 3.44. The Hall–Kier alpha value is -4.75. The van der Waals surface area contributed by atoms with Crippen LogP contribution in [-0.4, -0.2) is 57.6 Å². The van der Waals surface area contributed by atoms with Crippen molar-refractivity contribution in [2.24, 2.45) is 5.73 Å². The molecule has 0 fully saturated rings. The number of benzene rings is 3. The summed E-state index contributed by atoms with van der Waals surface area (Å²) >= 11 is 0. The van der Waals surface area contributed by atoms with E-state index in [0.717, 1.165) is 28.8 Å². The van der Waals surface area contributed by atoms with Crippen LogP contribution >= 0.6 is 7.60 Å². The molecule has 2 aliphatic heterocycles. The minimum atomic E-state index is -5.75. The Balaban J connectivity index is 1.32. The second-order valence-corrected chi connectivity index (χ2v) is 14.7. The van der Waals surface area contributed by atoms with Crippen LogP contribution in [0.5, 0.6) is 0 Å². The monoisotopic (exact) mass is 738 g/mol. The standard InChI is InChI=1S/C37H41F2N4O8P/c1-22(25-11-14-28(15-12-25)37(38,39)52(48,49)50)19-33(45)41-30-16-13-26-9-6-10-27-20-31(43(34(26)27)36(30)47)35(46)42-29(17-18-32(40)44)23(2)51-21-24-7-4-3-5-8-24/h3-12,14-15,19,23,29-31H,13,16-18,20-21H2,1-2H3,(H2,40,44)(H,41,45)(H,42,46)(H2,48,49,50)/b22-19+/t23-,29+,30+,31+/m1/s1. The van der Waals surface area contributed by atoms with Gasteiger partial charge < -0.3 is 30.9 Å². The number of carbonyl (C=O) groups excluding carboxylic acids is 4. The molecule has 0 saturated heterocycles. The molecule has 12 nitrogen and oxygen atoms in total. The lowest BCUT2D eigenvalue weighted by molar-refractivity contribution is -0.129. The summed E-state index contributed by atoms with van der Waals surface area (Å²) in [5.41, 5.74) is 4.10. The fourth-order valence-corrected chi connectivity index (χ4v) is 6.97. The van der Waals surface area contributed by atoms with Gasteiger partial charge in [0.25, 0.3) is 0 Å². The fourth-order valence-electron chi connectivity index (χ4n) is 6.49. The van der Waals surface area contributed by atoms with E-state index in [4.69, 9.17) is 20.3 Å². The molecular weight excluding hydrogens is 697 g/mol. The Labute approximate surface area is 299 Å². The third-order valence-electron chi connectivity index (χ3n) is 9.38. The van der Waals surface area contributed by atoms with Gasteiger partial charge in [-0.1, -0.05) is 72.8 Å². The molecule has 5 rings (SSSR count). The third kappa shape index (κ3) is 8.64. The molecule has 276 valence electrons. The molecule has 2 heterocycles. The van der Waals surface area contributed by atoms with Crippen LogP contribution in [0.3, 0.4) is 0 Å². The molecule has 0 saturated carbocycles. The van der Waals surface area contributed by atoms with Crippen LogP contribution in [-0.2, 0) is 53.6 Å². The molecule has 6 N–H and O–H groups in total. The van der Waals surface area contributed by atoms with Crippen LogP contribution in [0.2, 0.25) is 0 Å². The van der Waals surface area contributed by atoms with E-state index in [2.05, 4.69) is 10.6 Å². The number of para-hydroxylation sites is 1. The van der Waals surface area contributed by atoms with E-state index in [1.807, 2.05) is 48.5 Å². The van der Waals surface area contributed by atoms with Gasteiger partial charge in [0, 0.05) is 24.5 Å². The van der Waals surface area contributed by atoms with E-state index in [0.29, 0.717) is 23.2 Å². The molecule has 0 aliphatic carbocycles. The van der Waals surface area contributed by atoms with Gasteiger partial charge in [0.05, 0.1) is 24.4 Å². The van der Waals surface area contributed by atoms with Gasteiger partial charge in [-0.05, 0) is 60.9 Å². The molecule has 3 aromatic rings. The molecule has 2 aliphatic rings. The van der Waals surface area contributed by atoms with Gasteiger partial charge in [-0.25, -0.2) is 0 Å². The van der Waals surface area contributed by atoms with Gasteiger partial charge in [0.15, 0.2) is 0 Å². The maximum atomic E-state index is 14.2. The van der Waals surface area contributed by atoms with E-state index in [9.17, 15) is 32.5 Å². The number of hydrogen-bond acceptors (Lipinski definition) is 6. The number of anilines is 1. The first-order valence-electron chi connectivity index (χ1n) is 16.8. The van der Waals surface area contributed by atoms with Gasteiger partial charge >= 0.3 is 13.3 Å². The summed E-state index contributed by atoms with van der Waals surface area (Å²) in [4.78, 5) is 72.6. The number of aryl methyl sites for hydroxylation is 1. The second-order valence-electron chi connectivity index (χ2n) is 13.1. The number of carbonyl (C=O) groups is 4. The van der Waals surface area contributed by atoms with Crippen LogP contribution in [0, 0.1) is 0 Å². The summed E-state index contributed by atoms with van der Waals surface area (Å²) in [5, 5.41) is 5.74. The highest BCUT2D eigenvalue weighted by Crippen LogP contribution is 2.59. The van der Waals surface area contributed by atoms with E-state index >= 15 is 0 Å². The van der Waals surface area contributed by atoms with Gasteiger partial charge in [0.2, 0.25) is 23.6 Å². The lowest BCUT2D eigenvalue weighted by atomic mass is 10.0. The maximum absolute atomic E-state index is 14.2. The Morgan fingerprint density at radius 3 is 2.38 bits per heavy atom. The topological polar surface area (TPSA) is 188 Å². The lowest BCUT2D eigenvalue weighted by Gasteiger charge is -2.31. The summed E-state index contributed by atoms with van der Waals surface area (Å²) in [6.07, 6.45) is 1.83. The number of primary amides is 1. The van der Waals surface area contributed by atoms with Crippen molar-refractivity contribution in [2.75, 3.05) is 4.90 Å².